The minimum Gasteiger partial charge on any atom is -1.00 e. The Morgan fingerprint density at radius 3 is 2.69 bits per heavy atom. The summed E-state index contributed by atoms with van der Waals surface area (Å²) in [5.74, 6) is 0. The number of benzene rings is 1. The zero-order valence-electron chi connectivity index (χ0n) is 8.76. The molecule has 1 aromatic carbocycles. The molecule has 1 aliphatic rings. The molecule has 1 aliphatic carbocycles. The summed E-state index contributed by atoms with van der Waals surface area (Å²) < 4.78 is 0. The van der Waals surface area contributed by atoms with E-state index < -0.39 is 0 Å². The van der Waals surface area contributed by atoms with Gasteiger partial charge in [-0.25, -0.2) is 6.42 Å². The molecule has 0 spiro atoms. The van der Waals surface area contributed by atoms with Gasteiger partial charge in [0, 0.05) is 31.4 Å². The molecule has 16 heavy (non-hydrogen) atoms. The predicted molar refractivity (Wildman–Crippen MR) is 54.6 cm³/mol. The Kier molecular flexibility index (Phi) is 6.76. The molecule has 0 bridgehead atoms. The van der Waals surface area contributed by atoms with Crippen molar-refractivity contribution < 1.29 is 50.7 Å². The summed E-state index contributed by atoms with van der Waals surface area (Å²) in [6.45, 7) is 0. The number of halogens is 2. The number of para-hydroxylation sites is 1. The summed E-state index contributed by atoms with van der Waals surface area (Å²) >= 11 is 0. The number of nitrogens with one attached hydrogen (secondary N) is 1. The molecular weight excluding hydrogens is 408 g/mol. The van der Waals surface area contributed by atoms with Gasteiger partial charge in [-0.2, -0.15) is 5.56 Å². The van der Waals surface area contributed by atoms with Gasteiger partial charge in [0.05, 0.1) is 0 Å². The van der Waals surface area contributed by atoms with E-state index in [0.29, 0.717) is 0 Å². The SMILES string of the molecule is [Cl-].[Cl-].[Hf].c1ccc2c3c([nH]c2c1)[CH-]CCC3. The first-order chi connectivity index (χ1) is 6.45. The quantitative estimate of drug-likeness (QED) is 0.348. The van der Waals surface area contributed by atoms with Gasteiger partial charge < -0.3 is 29.8 Å². The van der Waals surface area contributed by atoms with Crippen LogP contribution in [0.2, 0.25) is 0 Å². The molecule has 1 aromatic heterocycles. The molecule has 0 amide bonds. The molecule has 0 atom stereocenters. The molecular formula is C12H12Cl2HfN-3. The van der Waals surface area contributed by atoms with E-state index in [1.54, 1.807) is 0 Å². The zero-order chi connectivity index (χ0) is 8.67. The van der Waals surface area contributed by atoms with E-state index in [1.165, 1.54) is 41.4 Å². The van der Waals surface area contributed by atoms with Gasteiger partial charge in [0.15, 0.2) is 0 Å². The Morgan fingerprint density at radius 1 is 1.12 bits per heavy atom. The summed E-state index contributed by atoms with van der Waals surface area (Å²) in [5.41, 5.74) is 4.15. The van der Waals surface area contributed by atoms with E-state index in [0.717, 1.165) is 0 Å². The molecule has 0 saturated carbocycles. The van der Waals surface area contributed by atoms with Gasteiger partial charge in [-0.15, -0.1) is 12.1 Å². The third-order valence-corrected chi connectivity index (χ3v) is 2.83. The van der Waals surface area contributed by atoms with E-state index in [1.807, 2.05) is 0 Å². The number of aromatic nitrogens is 1. The monoisotopic (exact) mass is 420 g/mol. The fraction of sp³-hybridized carbons (Fsp3) is 0.250. The molecule has 3 rings (SSSR count). The van der Waals surface area contributed by atoms with Crippen LogP contribution in [0.1, 0.15) is 24.1 Å². The van der Waals surface area contributed by atoms with E-state index in [2.05, 4.69) is 35.7 Å². The summed E-state index contributed by atoms with van der Waals surface area (Å²) in [5, 5.41) is 1.41. The van der Waals surface area contributed by atoms with E-state index in [4.69, 9.17) is 0 Å². The summed E-state index contributed by atoms with van der Waals surface area (Å²) in [4.78, 5) is 3.46. The molecule has 0 aliphatic heterocycles. The van der Waals surface area contributed by atoms with Gasteiger partial charge in [0.1, 0.15) is 0 Å². The summed E-state index contributed by atoms with van der Waals surface area (Å²) in [6, 6.07) is 8.57. The molecule has 1 N–H and O–H groups in total. The van der Waals surface area contributed by atoms with Crippen LogP contribution in [0.4, 0.5) is 0 Å². The van der Waals surface area contributed by atoms with Crippen LogP contribution in [0.5, 0.6) is 0 Å². The molecule has 86 valence electrons. The number of hydrogen-bond acceptors (Lipinski definition) is 0. The van der Waals surface area contributed by atoms with Gasteiger partial charge in [0.25, 0.3) is 0 Å². The third-order valence-electron chi connectivity index (χ3n) is 2.83. The van der Waals surface area contributed by atoms with Crippen LogP contribution in [-0.4, -0.2) is 4.98 Å². The number of fused-ring (bicyclic) bond motifs is 3. The molecule has 1 heterocycles. The molecule has 0 unspecified atom stereocenters. The molecule has 4 heteroatoms. The van der Waals surface area contributed by atoms with E-state index in [-0.39, 0.29) is 50.7 Å². The van der Waals surface area contributed by atoms with Gasteiger partial charge >= 0.3 is 0 Å². The maximum atomic E-state index is 3.46. The van der Waals surface area contributed by atoms with Crippen molar-refractivity contribution >= 4 is 10.9 Å². The fourth-order valence-electron chi connectivity index (χ4n) is 2.19. The predicted octanol–water partition coefficient (Wildman–Crippen LogP) is -2.94. The van der Waals surface area contributed by atoms with Crippen LogP contribution in [0, 0.1) is 6.42 Å². The second kappa shape index (κ2) is 6.73. The van der Waals surface area contributed by atoms with Crippen LogP contribution in [0.25, 0.3) is 10.9 Å². The topological polar surface area (TPSA) is 15.8 Å². The van der Waals surface area contributed by atoms with E-state index >= 15 is 0 Å². The Balaban J connectivity index is 0.000000750. The Labute approximate surface area is 127 Å². The van der Waals surface area contributed by atoms with Gasteiger partial charge in [0.2, 0.25) is 0 Å². The van der Waals surface area contributed by atoms with Crippen molar-refractivity contribution in [2.24, 2.45) is 0 Å². The van der Waals surface area contributed by atoms with Crippen LogP contribution in [0.3, 0.4) is 0 Å². The average Bonchev–Trinajstić information content (AvgIpc) is 2.56. The molecule has 0 radical (unpaired) electrons. The maximum absolute atomic E-state index is 3.46. The Hall–Kier alpha value is 0.0801. The minimum atomic E-state index is 0. The summed E-state index contributed by atoms with van der Waals surface area (Å²) in [7, 11) is 0. The van der Waals surface area contributed by atoms with Gasteiger partial charge in [-0.3, -0.25) is 0 Å². The van der Waals surface area contributed by atoms with Gasteiger partial charge in [-0.05, 0) is 6.07 Å². The molecule has 2 aromatic rings. The smallest absolute Gasteiger partial charge is 0.0253 e. The first-order valence-corrected chi connectivity index (χ1v) is 4.88. The largest absolute Gasteiger partial charge is 1.00 e. The van der Waals surface area contributed by atoms with E-state index in [9.17, 15) is 0 Å². The zero-order valence-corrected chi connectivity index (χ0v) is 13.9. The van der Waals surface area contributed by atoms with Crippen LogP contribution in [0.15, 0.2) is 24.3 Å². The number of rotatable bonds is 0. The first kappa shape index (κ1) is 16.1. The second-order valence-corrected chi connectivity index (χ2v) is 3.66. The summed E-state index contributed by atoms with van der Waals surface area (Å²) in [6.07, 6.45) is 6.07. The molecule has 1 nitrogen and oxygen atoms in total. The number of hydrogen-bond donors (Lipinski definition) is 1. The van der Waals surface area contributed by atoms with Crippen LogP contribution >= 0.6 is 0 Å². The van der Waals surface area contributed by atoms with Gasteiger partial charge in [-0.1, -0.05) is 36.4 Å². The standard InChI is InChI=1S/C12H12N.2ClH.Hf/c1-3-7-11-9(5-1)10-6-2-4-8-12(10)13-11;;;/h1,3,5,7-8,13H,2,4,6H2;2*1H;/q-1;;;/p-2. The van der Waals surface area contributed by atoms with Crippen molar-refractivity contribution in [1.82, 2.24) is 4.98 Å². The van der Waals surface area contributed by atoms with Crippen molar-refractivity contribution in [3.63, 3.8) is 0 Å². The van der Waals surface area contributed by atoms with Crippen molar-refractivity contribution in [3.8, 4) is 0 Å². The number of aryl methyl sites for hydroxylation is 1. The second-order valence-electron chi connectivity index (χ2n) is 3.66. The van der Waals surface area contributed by atoms with Crippen molar-refractivity contribution in [2.45, 2.75) is 19.3 Å². The van der Waals surface area contributed by atoms with Crippen molar-refractivity contribution in [2.75, 3.05) is 0 Å². The first-order valence-electron chi connectivity index (χ1n) is 4.88. The average molecular weight is 420 g/mol. The molecule has 0 fully saturated rings. The molecule has 0 saturated heterocycles. The van der Waals surface area contributed by atoms with Crippen LogP contribution < -0.4 is 24.8 Å². The van der Waals surface area contributed by atoms with Crippen LogP contribution in [-0.2, 0) is 32.3 Å². The number of H-pyrrole nitrogens is 1. The third kappa shape index (κ3) is 2.66. The normalized spacial score (nSPS) is 12.5. The van der Waals surface area contributed by atoms with Crippen molar-refractivity contribution in [1.29, 1.82) is 0 Å². The maximum Gasteiger partial charge on any atom is 0.0253 e. The van der Waals surface area contributed by atoms with Crippen molar-refractivity contribution in [3.05, 3.63) is 41.9 Å². The Morgan fingerprint density at radius 2 is 1.88 bits per heavy atom. The number of aromatic amines is 1. The fourth-order valence-corrected chi connectivity index (χ4v) is 2.19. The Bertz CT molecular complexity index is 453. The minimum absolute atomic E-state index is 0.